The number of allylic oxidation sites excluding steroid dienone is 4. The average molecular weight is 583 g/mol. The summed E-state index contributed by atoms with van der Waals surface area (Å²) in [5.41, 5.74) is 6.84. The molecule has 0 saturated heterocycles. The van der Waals surface area contributed by atoms with Crippen molar-refractivity contribution in [1.82, 2.24) is 0 Å². The summed E-state index contributed by atoms with van der Waals surface area (Å²) < 4.78 is 0. The number of hydrogen-bond acceptors (Lipinski definition) is 4. The van der Waals surface area contributed by atoms with Gasteiger partial charge in [-0.25, -0.2) is 0 Å². The van der Waals surface area contributed by atoms with E-state index < -0.39 is 0 Å². The molecule has 43 heavy (non-hydrogen) atoms. The molecule has 0 spiro atoms. The van der Waals surface area contributed by atoms with Gasteiger partial charge < -0.3 is 0 Å². The normalized spacial score (nSPS) is 16.9. The lowest BCUT2D eigenvalue weighted by Crippen LogP contribution is -2.30. The van der Waals surface area contributed by atoms with Gasteiger partial charge in [0.25, 0.3) is 0 Å². The van der Waals surface area contributed by atoms with Crippen molar-refractivity contribution in [1.29, 1.82) is 0 Å². The number of carbonyl (C=O) groups is 4. The molecule has 4 nitrogen and oxygen atoms in total. The zero-order chi connectivity index (χ0) is 31.5. The molecule has 3 unspecified atom stereocenters. The van der Waals surface area contributed by atoms with Crippen molar-refractivity contribution in [3.63, 3.8) is 0 Å². The molecule has 0 bridgehead atoms. The summed E-state index contributed by atoms with van der Waals surface area (Å²) in [6.45, 7) is 11.9. The molecule has 2 aromatic carbocycles. The summed E-state index contributed by atoms with van der Waals surface area (Å²) in [6, 6.07) is 12.3. The van der Waals surface area contributed by atoms with Gasteiger partial charge in [-0.1, -0.05) is 102 Å². The number of Topliss-reactive ketones (excluding diaryl/α,β-unsaturated/α-hetero) is 4. The van der Waals surface area contributed by atoms with Crippen molar-refractivity contribution in [2.75, 3.05) is 0 Å². The number of ketones is 4. The number of fused-ring (bicyclic) bond motifs is 1. The molecule has 2 aliphatic carbocycles. The molecular formula is C39H50O4. The molecule has 0 amide bonds. The van der Waals surface area contributed by atoms with E-state index in [9.17, 15) is 19.2 Å². The summed E-state index contributed by atoms with van der Waals surface area (Å²) in [5.74, 6) is 0.470. The first-order valence-electron chi connectivity index (χ1n) is 16.3. The summed E-state index contributed by atoms with van der Waals surface area (Å²) in [5, 5.41) is 0. The van der Waals surface area contributed by atoms with Crippen molar-refractivity contribution in [3.05, 3.63) is 82.5 Å². The van der Waals surface area contributed by atoms with Crippen LogP contribution in [-0.2, 0) is 27.2 Å². The second kappa shape index (κ2) is 16.4. The summed E-state index contributed by atoms with van der Waals surface area (Å²) in [6.07, 6.45) is 12.8. The van der Waals surface area contributed by atoms with E-state index in [1.807, 2.05) is 50.3 Å². The van der Waals surface area contributed by atoms with Gasteiger partial charge in [0.15, 0.2) is 11.6 Å². The molecule has 0 heterocycles. The first kappa shape index (κ1) is 34.1. The van der Waals surface area contributed by atoms with Gasteiger partial charge in [0, 0.05) is 24.3 Å². The maximum Gasteiger partial charge on any atom is 0.163 e. The second-order valence-electron chi connectivity index (χ2n) is 12.5. The first-order chi connectivity index (χ1) is 20.6. The smallest absolute Gasteiger partial charge is 0.163 e. The monoisotopic (exact) mass is 582 g/mol. The van der Waals surface area contributed by atoms with Crippen molar-refractivity contribution < 1.29 is 19.2 Å². The van der Waals surface area contributed by atoms with Crippen LogP contribution in [0.4, 0.5) is 0 Å². The molecule has 3 atom stereocenters. The quantitative estimate of drug-likeness (QED) is 0.221. The van der Waals surface area contributed by atoms with Crippen LogP contribution >= 0.6 is 0 Å². The fourth-order valence-corrected chi connectivity index (χ4v) is 6.81. The summed E-state index contributed by atoms with van der Waals surface area (Å²) in [4.78, 5) is 51.0. The average Bonchev–Trinajstić information content (AvgIpc) is 3.49. The zero-order valence-corrected chi connectivity index (χ0v) is 27.1. The number of hydrogen-bond donors (Lipinski definition) is 0. The highest BCUT2D eigenvalue weighted by Gasteiger charge is 2.34. The molecule has 0 aromatic heterocycles. The van der Waals surface area contributed by atoms with Crippen LogP contribution in [-0.4, -0.2) is 23.1 Å². The van der Waals surface area contributed by atoms with Crippen molar-refractivity contribution in [2.45, 2.75) is 106 Å². The van der Waals surface area contributed by atoms with Gasteiger partial charge in [-0.2, -0.15) is 0 Å². The van der Waals surface area contributed by atoms with Crippen LogP contribution in [0.15, 0.2) is 60.2 Å². The predicted octanol–water partition coefficient (Wildman–Crippen LogP) is 9.20. The summed E-state index contributed by atoms with van der Waals surface area (Å²) >= 11 is 0. The van der Waals surface area contributed by atoms with Crippen LogP contribution in [0.3, 0.4) is 0 Å². The molecule has 0 radical (unpaired) electrons. The topological polar surface area (TPSA) is 68.3 Å². The van der Waals surface area contributed by atoms with Crippen LogP contribution in [0, 0.1) is 24.7 Å². The molecule has 230 valence electrons. The Morgan fingerprint density at radius 2 is 1.74 bits per heavy atom. The van der Waals surface area contributed by atoms with Crippen LogP contribution in [0.2, 0.25) is 0 Å². The van der Waals surface area contributed by atoms with Crippen LogP contribution in [0.25, 0.3) is 11.1 Å². The lowest BCUT2D eigenvalue weighted by Gasteiger charge is -2.32. The molecule has 4 heteroatoms. The fraction of sp³-hybridized carbons (Fsp3) is 0.487. The first-order valence-corrected chi connectivity index (χ1v) is 16.3. The van der Waals surface area contributed by atoms with E-state index in [0.717, 1.165) is 71.1 Å². The number of aryl methyl sites for hydroxylation is 1. The highest BCUT2D eigenvalue weighted by Crippen LogP contribution is 2.40. The van der Waals surface area contributed by atoms with Gasteiger partial charge >= 0.3 is 0 Å². The second-order valence-corrected chi connectivity index (χ2v) is 12.5. The third-order valence-corrected chi connectivity index (χ3v) is 8.64. The van der Waals surface area contributed by atoms with Gasteiger partial charge in [0.05, 0.1) is 6.42 Å². The Balaban J connectivity index is 0.00000162. The Kier molecular flexibility index (Phi) is 13.0. The third-order valence-electron chi connectivity index (χ3n) is 8.64. The van der Waals surface area contributed by atoms with Gasteiger partial charge in [-0.15, -0.1) is 0 Å². The van der Waals surface area contributed by atoms with Crippen LogP contribution < -0.4 is 0 Å². The number of benzene rings is 2. The highest BCUT2D eigenvalue weighted by atomic mass is 16.1. The fourth-order valence-electron chi connectivity index (χ4n) is 6.81. The van der Waals surface area contributed by atoms with Gasteiger partial charge in [-0.05, 0) is 84.8 Å². The molecule has 2 aliphatic rings. The van der Waals surface area contributed by atoms with E-state index in [2.05, 4.69) is 39.0 Å². The Labute approximate surface area is 259 Å². The van der Waals surface area contributed by atoms with E-state index in [1.54, 1.807) is 0 Å². The van der Waals surface area contributed by atoms with Gasteiger partial charge in [-0.3, -0.25) is 19.2 Å². The lowest BCUT2D eigenvalue weighted by molar-refractivity contribution is -0.130. The molecule has 4 rings (SSSR count). The predicted molar refractivity (Wildman–Crippen MR) is 176 cm³/mol. The van der Waals surface area contributed by atoms with Crippen LogP contribution in [0.5, 0.6) is 0 Å². The molecule has 0 N–H and O–H groups in total. The maximum atomic E-state index is 13.5. The van der Waals surface area contributed by atoms with E-state index >= 15 is 0 Å². The number of carbonyl (C=O) groups excluding carboxylic acids is 4. The van der Waals surface area contributed by atoms with E-state index in [0.29, 0.717) is 19.3 Å². The maximum absolute atomic E-state index is 13.5. The van der Waals surface area contributed by atoms with E-state index in [-0.39, 0.29) is 47.3 Å². The van der Waals surface area contributed by atoms with Crippen LogP contribution in [0.1, 0.15) is 113 Å². The largest absolute Gasteiger partial charge is 0.300 e. The Morgan fingerprint density at radius 3 is 2.37 bits per heavy atom. The van der Waals surface area contributed by atoms with Gasteiger partial charge in [0.1, 0.15) is 11.6 Å². The third kappa shape index (κ3) is 9.05. The minimum Gasteiger partial charge on any atom is -0.300 e. The molecule has 2 aromatic rings. The molecular weight excluding hydrogens is 532 g/mol. The number of rotatable bonds is 13. The van der Waals surface area contributed by atoms with E-state index in [4.69, 9.17) is 0 Å². The van der Waals surface area contributed by atoms with Crippen molar-refractivity contribution >= 4 is 23.1 Å². The standard InChI is InChI=1S/C36H42O4.C3H8/c1-5-10-28(30(6-2)34(39)17-24(4)37)19-26-20-32-31(16-15-23(3)36(32)35(40)22-26)29-14-9-11-25(18-29)21-33(38)27-12-7-8-13-27;1-3-2/h7-9,11-12,14-16,18,26,28,30H,5-6,10,13,17,19-22H2,1-4H3;3H2,1-2H3. The Hall–Kier alpha value is -3.40. The van der Waals surface area contributed by atoms with Crippen molar-refractivity contribution in [3.8, 4) is 11.1 Å². The lowest BCUT2D eigenvalue weighted by atomic mass is 9.71. The highest BCUT2D eigenvalue weighted by molar-refractivity contribution is 6.02. The SMILES string of the molecule is CCC.CCCC(CC1CC(=O)c2c(C)ccc(-c3cccc(CC(=O)C4=CC=CC4)c3)c2C1)C(CC)C(=O)CC(C)=O. The molecule has 0 fully saturated rings. The zero-order valence-electron chi connectivity index (χ0n) is 27.1. The summed E-state index contributed by atoms with van der Waals surface area (Å²) in [7, 11) is 0. The minimum atomic E-state index is -0.142. The Bertz CT molecular complexity index is 1380. The molecule has 0 aliphatic heterocycles. The molecule has 0 saturated carbocycles. The van der Waals surface area contributed by atoms with Crippen molar-refractivity contribution in [2.24, 2.45) is 17.8 Å². The Morgan fingerprint density at radius 1 is 1.00 bits per heavy atom. The minimum absolute atomic E-state index is 0.00113. The van der Waals surface area contributed by atoms with E-state index in [1.165, 1.54) is 13.3 Å². The van der Waals surface area contributed by atoms with Gasteiger partial charge in [0.2, 0.25) is 0 Å².